The van der Waals surface area contributed by atoms with Gasteiger partial charge >= 0.3 is 0 Å². The van der Waals surface area contributed by atoms with Crippen molar-refractivity contribution in [2.45, 2.75) is 6.92 Å². The van der Waals surface area contributed by atoms with Gasteiger partial charge < -0.3 is 4.74 Å². The minimum absolute atomic E-state index is 0.0720. The molecule has 0 amide bonds. The van der Waals surface area contributed by atoms with E-state index in [2.05, 4.69) is 0 Å². The van der Waals surface area contributed by atoms with Crippen LogP contribution in [-0.4, -0.2) is 11.5 Å². The summed E-state index contributed by atoms with van der Waals surface area (Å²) in [4.78, 5) is 9.87. The zero-order valence-electron chi connectivity index (χ0n) is 7.29. The van der Waals surface area contributed by atoms with Gasteiger partial charge in [-0.25, -0.2) is 0 Å². The molecule has 1 rings (SSSR count). The molecule has 1 aromatic carbocycles. The Labute approximate surface area is 90.5 Å². The number of ether oxygens (including phenoxy) is 1. The Kier molecular flexibility index (Phi) is 3.55. The van der Waals surface area contributed by atoms with Crippen LogP contribution in [0.4, 0.5) is 5.69 Å². The molecule has 0 bridgehead atoms. The quantitative estimate of drug-likeness (QED) is 0.597. The van der Waals surface area contributed by atoms with Crippen LogP contribution >= 0.6 is 23.2 Å². The van der Waals surface area contributed by atoms with E-state index in [-0.39, 0.29) is 15.7 Å². The molecule has 0 spiro atoms. The molecule has 6 heteroatoms. The van der Waals surface area contributed by atoms with Crippen LogP contribution in [0, 0.1) is 10.1 Å². The van der Waals surface area contributed by atoms with Crippen LogP contribution < -0.4 is 4.74 Å². The molecule has 0 saturated heterocycles. The first-order valence-corrected chi connectivity index (χ1v) is 4.58. The molecule has 14 heavy (non-hydrogen) atoms. The standard InChI is InChI=1S/C8H7Cl2NO3/c1-2-14-6-4-3-5(11(12)13)7(9)8(6)10/h3-4H,2H2,1H3. The third-order valence-electron chi connectivity index (χ3n) is 1.52. The second-order valence-corrected chi connectivity index (χ2v) is 3.16. The number of nitrogens with zero attached hydrogens (tertiary/aromatic N) is 1. The summed E-state index contributed by atoms with van der Waals surface area (Å²) >= 11 is 11.4. The van der Waals surface area contributed by atoms with Crippen molar-refractivity contribution in [3.05, 3.63) is 32.3 Å². The Morgan fingerprint density at radius 2 is 2.07 bits per heavy atom. The van der Waals surface area contributed by atoms with Crippen LogP contribution in [0.3, 0.4) is 0 Å². The van der Waals surface area contributed by atoms with Gasteiger partial charge in [-0.2, -0.15) is 0 Å². The van der Waals surface area contributed by atoms with Crippen molar-refractivity contribution in [1.82, 2.24) is 0 Å². The van der Waals surface area contributed by atoms with E-state index < -0.39 is 4.92 Å². The molecular weight excluding hydrogens is 229 g/mol. The van der Waals surface area contributed by atoms with Gasteiger partial charge in [0.15, 0.2) is 0 Å². The molecule has 0 aliphatic rings. The predicted molar refractivity (Wildman–Crippen MR) is 54.3 cm³/mol. The zero-order chi connectivity index (χ0) is 10.7. The number of rotatable bonds is 3. The molecular formula is C8H7Cl2NO3. The second-order valence-electron chi connectivity index (χ2n) is 2.40. The third-order valence-corrected chi connectivity index (χ3v) is 2.38. The molecule has 76 valence electrons. The first kappa shape index (κ1) is 11.1. The maximum Gasteiger partial charge on any atom is 0.289 e. The lowest BCUT2D eigenvalue weighted by molar-refractivity contribution is -0.384. The van der Waals surface area contributed by atoms with Gasteiger partial charge in [-0.3, -0.25) is 10.1 Å². The highest BCUT2D eigenvalue weighted by atomic mass is 35.5. The lowest BCUT2D eigenvalue weighted by Crippen LogP contribution is -1.95. The van der Waals surface area contributed by atoms with E-state index in [4.69, 9.17) is 27.9 Å². The van der Waals surface area contributed by atoms with E-state index >= 15 is 0 Å². The van der Waals surface area contributed by atoms with Gasteiger partial charge in [-0.1, -0.05) is 23.2 Å². The molecule has 0 heterocycles. The van der Waals surface area contributed by atoms with Gasteiger partial charge in [0.2, 0.25) is 0 Å². The van der Waals surface area contributed by atoms with Crippen molar-refractivity contribution in [2.24, 2.45) is 0 Å². The fourth-order valence-corrected chi connectivity index (χ4v) is 1.37. The summed E-state index contributed by atoms with van der Waals surface area (Å²) in [6.07, 6.45) is 0. The predicted octanol–water partition coefficient (Wildman–Crippen LogP) is 3.30. The number of nitro groups is 1. The van der Waals surface area contributed by atoms with E-state index in [0.717, 1.165) is 0 Å². The molecule has 0 atom stereocenters. The lowest BCUT2D eigenvalue weighted by Gasteiger charge is -2.06. The Balaban J connectivity index is 3.19. The van der Waals surface area contributed by atoms with Gasteiger partial charge in [-0.05, 0) is 13.0 Å². The number of nitro benzene ring substituents is 1. The minimum Gasteiger partial charge on any atom is -0.492 e. The monoisotopic (exact) mass is 235 g/mol. The smallest absolute Gasteiger partial charge is 0.289 e. The van der Waals surface area contributed by atoms with Gasteiger partial charge in [0, 0.05) is 6.07 Å². The zero-order valence-corrected chi connectivity index (χ0v) is 8.80. The van der Waals surface area contributed by atoms with Gasteiger partial charge in [0.05, 0.1) is 11.5 Å². The molecule has 0 unspecified atom stereocenters. The van der Waals surface area contributed by atoms with Crippen molar-refractivity contribution < 1.29 is 9.66 Å². The molecule has 0 aliphatic carbocycles. The molecule has 0 saturated carbocycles. The van der Waals surface area contributed by atoms with E-state index in [1.165, 1.54) is 12.1 Å². The largest absolute Gasteiger partial charge is 0.492 e. The Bertz CT molecular complexity index is 368. The first-order chi connectivity index (χ1) is 6.57. The van der Waals surface area contributed by atoms with E-state index in [1.807, 2.05) is 0 Å². The van der Waals surface area contributed by atoms with E-state index in [1.54, 1.807) is 6.92 Å². The molecule has 1 aromatic rings. The third kappa shape index (κ3) is 2.08. The van der Waals surface area contributed by atoms with E-state index in [0.29, 0.717) is 12.4 Å². The highest BCUT2D eigenvalue weighted by Crippen LogP contribution is 2.38. The summed E-state index contributed by atoms with van der Waals surface area (Å²) in [7, 11) is 0. The number of halogens is 2. The van der Waals surface area contributed by atoms with Crippen molar-refractivity contribution in [3.63, 3.8) is 0 Å². The summed E-state index contributed by atoms with van der Waals surface area (Å²) in [5.74, 6) is 0.352. The van der Waals surface area contributed by atoms with Gasteiger partial charge in [0.1, 0.15) is 15.8 Å². The minimum atomic E-state index is -0.593. The van der Waals surface area contributed by atoms with Gasteiger partial charge in [0.25, 0.3) is 5.69 Å². The van der Waals surface area contributed by atoms with Crippen molar-refractivity contribution >= 4 is 28.9 Å². The summed E-state index contributed by atoms with van der Waals surface area (Å²) in [5, 5.41) is 10.4. The fourth-order valence-electron chi connectivity index (χ4n) is 0.930. The Hall–Kier alpha value is -1.00. The van der Waals surface area contributed by atoms with Gasteiger partial charge in [-0.15, -0.1) is 0 Å². The number of hydrogen-bond donors (Lipinski definition) is 0. The summed E-state index contributed by atoms with van der Waals surface area (Å²) < 4.78 is 5.11. The van der Waals surface area contributed by atoms with Crippen LogP contribution in [0.15, 0.2) is 12.1 Å². The summed E-state index contributed by atoms with van der Waals surface area (Å²) in [6, 6.07) is 2.69. The highest BCUT2D eigenvalue weighted by molar-refractivity contribution is 6.44. The van der Waals surface area contributed by atoms with Crippen LogP contribution in [0.5, 0.6) is 5.75 Å². The summed E-state index contributed by atoms with van der Waals surface area (Å²) in [5.41, 5.74) is -0.222. The Morgan fingerprint density at radius 3 is 2.57 bits per heavy atom. The van der Waals surface area contributed by atoms with Crippen molar-refractivity contribution in [1.29, 1.82) is 0 Å². The normalized spacial score (nSPS) is 9.93. The van der Waals surface area contributed by atoms with Crippen molar-refractivity contribution in [2.75, 3.05) is 6.61 Å². The highest BCUT2D eigenvalue weighted by Gasteiger charge is 2.18. The fraction of sp³-hybridized carbons (Fsp3) is 0.250. The van der Waals surface area contributed by atoms with Crippen molar-refractivity contribution in [3.8, 4) is 5.75 Å². The summed E-state index contributed by atoms with van der Waals surface area (Å²) in [6.45, 7) is 2.21. The SMILES string of the molecule is CCOc1ccc([N+](=O)[O-])c(Cl)c1Cl. The molecule has 0 aromatic heterocycles. The Morgan fingerprint density at radius 1 is 1.43 bits per heavy atom. The van der Waals surface area contributed by atoms with Crippen LogP contribution in [0.25, 0.3) is 0 Å². The maximum atomic E-state index is 10.5. The molecule has 4 nitrogen and oxygen atoms in total. The number of hydrogen-bond acceptors (Lipinski definition) is 3. The van der Waals surface area contributed by atoms with E-state index in [9.17, 15) is 10.1 Å². The topological polar surface area (TPSA) is 52.4 Å². The number of benzene rings is 1. The molecule has 0 fully saturated rings. The second kappa shape index (κ2) is 4.48. The maximum absolute atomic E-state index is 10.5. The first-order valence-electron chi connectivity index (χ1n) is 3.83. The molecule has 0 aliphatic heterocycles. The average molecular weight is 236 g/mol. The van der Waals surface area contributed by atoms with Crippen LogP contribution in [0.1, 0.15) is 6.92 Å². The molecule has 0 radical (unpaired) electrons. The van der Waals surface area contributed by atoms with Crippen LogP contribution in [0.2, 0.25) is 10.0 Å². The average Bonchev–Trinajstić information content (AvgIpc) is 2.13. The molecule has 0 N–H and O–H groups in total. The van der Waals surface area contributed by atoms with Crippen LogP contribution in [-0.2, 0) is 0 Å². The lowest BCUT2D eigenvalue weighted by atomic mass is 10.3.